The van der Waals surface area contributed by atoms with E-state index in [4.69, 9.17) is 0 Å². The lowest BCUT2D eigenvalue weighted by Gasteiger charge is -2.28. The van der Waals surface area contributed by atoms with Gasteiger partial charge in [0.25, 0.3) is 0 Å². The molecule has 614 valence electrons. The van der Waals surface area contributed by atoms with Crippen molar-refractivity contribution in [3.8, 4) is 111 Å². The van der Waals surface area contributed by atoms with Crippen molar-refractivity contribution in [2.75, 3.05) is 9.80 Å². The molecule has 130 heavy (non-hydrogen) atoms. The van der Waals surface area contributed by atoms with Crippen LogP contribution in [0.3, 0.4) is 0 Å². The summed E-state index contributed by atoms with van der Waals surface area (Å²) in [4.78, 5) is 4.84. The number of thiophene rings is 2. The Hall–Kier alpha value is -15.6. The zero-order valence-corrected chi connectivity index (χ0v) is 74.2. The summed E-state index contributed by atoms with van der Waals surface area (Å²) >= 11 is 3.76. The van der Waals surface area contributed by atoms with Crippen LogP contribution in [-0.4, -0.2) is 0 Å². The van der Waals surface area contributed by atoms with Crippen LogP contribution < -0.4 is 9.80 Å². The van der Waals surface area contributed by atoms with E-state index in [2.05, 4.69) is 499 Å². The van der Waals surface area contributed by atoms with Crippen LogP contribution in [-0.2, 0) is 10.8 Å². The highest BCUT2D eigenvalue weighted by Gasteiger charge is 2.39. The van der Waals surface area contributed by atoms with E-state index in [1.165, 1.54) is 206 Å². The Labute approximate surface area is 766 Å². The Bertz CT molecular complexity index is 8350. The second kappa shape index (κ2) is 31.8. The highest BCUT2D eigenvalue weighted by atomic mass is 32.1. The SMILES string of the molecule is CC1(C)c2cc(-c3ccccc3)ccc2-c2ccc(N(c3ccc(-c4ccc(-c5cccc6c5sc5ccccc56)cc4)cc3)c3ccc(-c4cc5ccccc5c5ccccc45)cc3)cc21.CC1(C)c2cc(-c3ccccc3)ccc2-c2ccc(N(c3ccc(-c4ccc(-c5cccc6c5sc5ccccc56)cc4)cc3)c3ccc(-c4ccc5ccccc5c4)cc3)cc21. The number of hydrogen-bond acceptors (Lipinski definition) is 4. The van der Waals surface area contributed by atoms with Gasteiger partial charge in [-0.05, 0) is 275 Å². The first-order valence-electron chi connectivity index (χ1n) is 45.1. The van der Waals surface area contributed by atoms with Crippen LogP contribution in [0.15, 0.2) is 461 Å². The fourth-order valence-electron chi connectivity index (χ4n) is 20.7. The zero-order valence-electron chi connectivity index (χ0n) is 72.6. The molecule has 2 aromatic heterocycles. The molecular weight excluding hydrogens is 1610 g/mol. The summed E-state index contributed by atoms with van der Waals surface area (Å²) in [6.45, 7) is 9.52. The smallest absolute Gasteiger partial charge is 0.0465 e. The molecular formula is C126H88N2S2. The summed E-state index contributed by atoms with van der Waals surface area (Å²) in [5.41, 5.74) is 36.8. The highest BCUT2D eigenvalue weighted by Crippen LogP contribution is 2.55. The molecule has 21 aromatic carbocycles. The Morgan fingerprint density at radius 1 is 0.162 bits per heavy atom. The molecule has 0 saturated carbocycles. The van der Waals surface area contributed by atoms with Crippen LogP contribution in [0, 0.1) is 0 Å². The molecule has 2 aliphatic rings. The lowest BCUT2D eigenvalue weighted by molar-refractivity contribution is 0.660. The minimum atomic E-state index is -0.184. The summed E-state index contributed by atoms with van der Waals surface area (Å²) < 4.78 is 5.35. The van der Waals surface area contributed by atoms with E-state index in [9.17, 15) is 0 Å². The van der Waals surface area contributed by atoms with Crippen LogP contribution in [0.2, 0.25) is 0 Å². The van der Waals surface area contributed by atoms with Crippen LogP contribution in [0.4, 0.5) is 34.1 Å². The molecule has 0 atom stereocenters. The van der Waals surface area contributed by atoms with Gasteiger partial charge in [0.2, 0.25) is 0 Å². The van der Waals surface area contributed by atoms with E-state index in [1.807, 2.05) is 22.7 Å². The van der Waals surface area contributed by atoms with Gasteiger partial charge in [-0.3, -0.25) is 0 Å². The first kappa shape index (κ1) is 78.0. The second-order valence-electron chi connectivity index (χ2n) is 35.8. The van der Waals surface area contributed by atoms with Gasteiger partial charge < -0.3 is 9.80 Å². The average molecular weight is 1690 g/mol. The van der Waals surface area contributed by atoms with Crippen LogP contribution in [0.25, 0.3) is 184 Å². The molecule has 0 unspecified atom stereocenters. The Morgan fingerprint density at radius 2 is 0.454 bits per heavy atom. The maximum absolute atomic E-state index is 2.44. The Kier molecular flexibility index (Phi) is 19.1. The van der Waals surface area contributed by atoms with Gasteiger partial charge in [0.05, 0.1) is 0 Å². The molecule has 2 heterocycles. The fraction of sp³-hybridized carbons (Fsp3) is 0.0476. The summed E-state index contributed by atoms with van der Waals surface area (Å²) in [5.74, 6) is 0. The fourth-order valence-corrected chi connectivity index (χ4v) is 23.2. The molecule has 23 aromatic rings. The third-order valence-electron chi connectivity index (χ3n) is 27.6. The Morgan fingerprint density at radius 3 is 0.908 bits per heavy atom. The molecule has 0 fully saturated rings. The lowest BCUT2D eigenvalue weighted by atomic mass is 9.81. The van der Waals surface area contributed by atoms with Crippen molar-refractivity contribution in [1.29, 1.82) is 0 Å². The average Bonchev–Trinajstić information content (AvgIpc) is 1.57. The highest BCUT2D eigenvalue weighted by molar-refractivity contribution is 7.26. The van der Waals surface area contributed by atoms with E-state index in [0.717, 1.165) is 34.1 Å². The number of hydrogen-bond donors (Lipinski definition) is 0. The second-order valence-corrected chi connectivity index (χ2v) is 37.9. The van der Waals surface area contributed by atoms with Crippen LogP contribution >= 0.6 is 22.7 Å². The van der Waals surface area contributed by atoms with E-state index in [1.54, 1.807) is 0 Å². The molecule has 0 saturated heterocycles. The Balaban J connectivity index is 0.000000144. The molecule has 0 amide bonds. The van der Waals surface area contributed by atoms with Gasteiger partial charge in [-0.25, -0.2) is 0 Å². The lowest BCUT2D eigenvalue weighted by Crippen LogP contribution is -2.16. The summed E-state index contributed by atoms with van der Waals surface area (Å²) in [5, 5.41) is 12.9. The molecule has 2 nitrogen and oxygen atoms in total. The molecule has 0 N–H and O–H groups in total. The molecule has 0 bridgehead atoms. The van der Waals surface area contributed by atoms with Crippen LogP contribution in [0.5, 0.6) is 0 Å². The largest absolute Gasteiger partial charge is 0.310 e. The predicted octanol–water partition coefficient (Wildman–Crippen LogP) is 36.5. The number of nitrogens with zero attached hydrogens (tertiary/aromatic N) is 2. The van der Waals surface area contributed by atoms with Crippen molar-refractivity contribution in [3.63, 3.8) is 0 Å². The maximum Gasteiger partial charge on any atom is 0.0465 e. The molecule has 2 aliphatic carbocycles. The van der Waals surface area contributed by atoms with E-state index in [0.29, 0.717) is 0 Å². The topological polar surface area (TPSA) is 6.48 Å². The van der Waals surface area contributed by atoms with Crippen molar-refractivity contribution >= 4 is 129 Å². The first-order chi connectivity index (χ1) is 63.9. The van der Waals surface area contributed by atoms with Gasteiger partial charge in [0.15, 0.2) is 0 Å². The molecule has 4 heteroatoms. The predicted molar refractivity (Wildman–Crippen MR) is 559 cm³/mol. The molecule has 0 aliphatic heterocycles. The molecule has 0 spiro atoms. The minimum Gasteiger partial charge on any atom is -0.310 e. The van der Waals surface area contributed by atoms with E-state index < -0.39 is 0 Å². The normalized spacial score (nSPS) is 12.7. The number of fused-ring (bicyclic) bond motifs is 16. The van der Waals surface area contributed by atoms with Gasteiger partial charge in [0.1, 0.15) is 0 Å². The molecule has 25 rings (SSSR count). The minimum absolute atomic E-state index is 0.171. The van der Waals surface area contributed by atoms with E-state index in [-0.39, 0.29) is 10.8 Å². The van der Waals surface area contributed by atoms with Gasteiger partial charge in [0, 0.05) is 85.3 Å². The van der Waals surface area contributed by atoms with Gasteiger partial charge >= 0.3 is 0 Å². The van der Waals surface area contributed by atoms with Crippen molar-refractivity contribution in [1.82, 2.24) is 0 Å². The van der Waals surface area contributed by atoms with Crippen LogP contribution in [0.1, 0.15) is 49.9 Å². The first-order valence-corrected chi connectivity index (χ1v) is 46.7. The molecule has 0 radical (unpaired) electrons. The zero-order chi connectivity index (χ0) is 86.7. The monoisotopic (exact) mass is 1690 g/mol. The van der Waals surface area contributed by atoms with Gasteiger partial charge in [-0.1, -0.05) is 380 Å². The summed E-state index contributed by atoms with van der Waals surface area (Å²) in [6.07, 6.45) is 0. The van der Waals surface area contributed by atoms with Crippen molar-refractivity contribution in [3.05, 3.63) is 483 Å². The number of rotatable bonds is 14. The van der Waals surface area contributed by atoms with Crippen molar-refractivity contribution in [2.45, 2.75) is 38.5 Å². The number of benzene rings is 21. The summed E-state index contributed by atoms with van der Waals surface area (Å²) in [6, 6.07) is 170. The standard InChI is InChI=1S/C65H45NS.C61H43NS/c1-65(2)61-40-47(42-13-4-3-5-14-42)31-37-56(61)57-38-36-51(41-62(57)65)66(50-34-29-46(30-35-50)60-39-48-15-6-7-16-52(48)54-17-8-9-18-55(54)60)49-32-27-44(28-33-49)43-23-25-45(26-24-43)53-20-12-21-59-58-19-10-11-22-63(58)67-64(53)59;1-61(2)57-38-48(40-11-4-3-5-12-40)29-35-53(57)54-36-34-51(39-58(54)61)62(50-32-27-44(28-33-50)47-24-21-41-13-6-7-14-46(41)37-47)49-30-25-43(26-31-49)42-19-22-45(23-20-42)52-16-10-17-56-55-15-8-9-18-59(55)63-60(52)56/h3-41H,1-2H3;3-39H,1-2H3. The van der Waals surface area contributed by atoms with Crippen molar-refractivity contribution in [2.24, 2.45) is 0 Å². The summed E-state index contributed by atoms with van der Waals surface area (Å²) in [7, 11) is 0. The van der Waals surface area contributed by atoms with E-state index >= 15 is 0 Å². The third-order valence-corrected chi connectivity index (χ3v) is 30.0. The van der Waals surface area contributed by atoms with Crippen molar-refractivity contribution < 1.29 is 0 Å². The maximum atomic E-state index is 2.44. The van der Waals surface area contributed by atoms with Gasteiger partial charge in [-0.15, -0.1) is 22.7 Å². The third kappa shape index (κ3) is 13.6. The number of anilines is 6. The quantitative estimate of drug-likeness (QED) is 0.100. The van der Waals surface area contributed by atoms with Gasteiger partial charge in [-0.2, -0.15) is 0 Å².